The van der Waals surface area contributed by atoms with Crippen molar-refractivity contribution >= 4 is 12.0 Å². The van der Waals surface area contributed by atoms with Crippen LogP contribution in [0.1, 0.15) is 0 Å². The van der Waals surface area contributed by atoms with Gasteiger partial charge in [-0.25, -0.2) is 19.3 Å². The zero-order chi connectivity index (χ0) is 13.9. The number of imidazole rings is 1. The molecule has 0 radical (unpaired) electrons. The Labute approximate surface area is 140 Å². The first-order valence-electron chi connectivity index (χ1n) is 6.58. The number of amides is 1. The fourth-order valence-corrected chi connectivity index (χ4v) is 2.28. The average Bonchev–Trinajstić information content (AvgIpc) is 2.94. The fraction of sp³-hybridized carbons (Fsp3) is 0.385. The third-order valence-electron chi connectivity index (χ3n) is 3.38. The number of carbonyl (C=O) groups excluding carboxylic acids is 1. The van der Waals surface area contributed by atoms with E-state index in [9.17, 15) is 4.79 Å². The summed E-state index contributed by atoms with van der Waals surface area (Å²) in [5.74, 6) is 0.729. The Bertz CT molecular complexity index is 594. The van der Waals surface area contributed by atoms with Gasteiger partial charge in [-0.2, -0.15) is 4.57 Å². The molecule has 3 rings (SSSR count). The molecule has 0 aliphatic carbocycles. The minimum atomic E-state index is 0. The monoisotopic (exact) mass is 400 g/mol. The summed E-state index contributed by atoms with van der Waals surface area (Å²) in [4.78, 5) is 24.7. The van der Waals surface area contributed by atoms with Crippen molar-refractivity contribution < 1.29 is 33.3 Å². The SMILES string of the molecule is C[n+]1ccn(C(=O)N2CCN(c3ncccn3)CC2)c1.[I-]. The van der Waals surface area contributed by atoms with E-state index in [1.54, 1.807) is 35.6 Å². The highest BCUT2D eigenvalue weighted by Crippen LogP contribution is 2.10. The van der Waals surface area contributed by atoms with E-state index in [2.05, 4.69) is 14.9 Å². The van der Waals surface area contributed by atoms with Gasteiger partial charge in [0.05, 0.1) is 7.05 Å². The van der Waals surface area contributed by atoms with E-state index >= 15 is 0 Å². The molecule has 2 aromatic heterocycles. The molecule has 1 fully saturated rings. The lowest BCUT2D eigenvalue weighted by atomic mass is 10.3. The van der Waals surface area contributed by atoms with Crippen LogP contribution < -0.4 is 33.4 Å². The van der Waals surface area contributed by atoms with Gasteiger partial charge in [0.15, 0.2) is 0 Å². The second-order valence-electron chi connectivity index (χ2n) is 4.79. The Morgan fingerprint density at radius 1 is 1.19 bits per heavy atom. The van der Waals surface area contributed by atoms with Gasteiger partial charge in [0.2, 0.25) is 5.95 Å². The van der Waals surface area contributed by atoms with Gasteiger partial charge in [-0.05, 0) is 6.07 Å². The van der Waals surface area contributed by atoms with Crippen molar-refractivity contribution in [2.24, 2.45) is 7.05 Å². The summed E-state index contributed by atoms with van der Waals surface area (Å²) in [7, 11) is 1.90. The topological polar surface area (TPSA) is 58.1 Å². The molecule has 0 saturated carbocycles. The van der Waals surface area contributed by atoms with E-state index in [1.807, 2.05) is 22.7 Å². The molecule has 0 spiro atoms. The summed E-state index contributed by atoms with van der Waals surface area (Å²) < 4.78 is 3.46. The van der Waals surface area contributed by atoms with Crippen LogP contribution >= 0.6 is 0 Å². The first kappa shape index (κ1) is 15.7. The van der Waals surface area contributed by atoms with E-state index < -0.39 is 0 Å². The smallest absolute Gasteiger partial charge is 0.415 e. The Balaban J connectivity index is 0.00000161. The van der Waals surface area contributed by atoms with Gasteiger partial charge < -0.3 is 33.8 Å². The molecule has 2 aromatic rings. The summed E-state index contributed by atoms with van der Waals surface area (Å²) in [6.07, 6.45) is 8.87. The van der Waals surface area contributed by atoms with Gasteiger partial charge in [-0.1, -0.05) is 0 Å². The lowest BCUT2D eigenvalue weighted by molar-refractivity contribution is -0.670. The summed E-state index contributed by atoms with van der Waals surface area (Å²) in [5, 5.41) is 0. The van der Waals surface area contributed by atoms with E-state index in [4.69, 9.17) is 0 Å². The first-order valence-corrected chi connectivity index (χ1v) is 6.58. The zero-order valence-corrected chi connectivity index (χ0v) is 13.9. The van der Waals surface area contributed by atoms with Crippen LogP contribution in [0.4, 0.5) is 10.7 Å². The van der Waals surface area contributed by atoms with Crippen molar-refractivity contribution in [2.75, 3.05) is 31.1 Å². The molecule has 3 heterocycles. The standard InChI is InChI=1S/C13H17N6O.HI/c1-16-5-6-19(11-16)13(20)18-9-7-17(8-10-18)12-14-3-2-4-15-12;/h2-6,11H,7-10H2,1H3;1H/q+1;/p-1. The number of aromatic nitrogens is 4. The first-order chi connectivity index (χ1) is 9.74. The van der Waals surface area contributed by atoms with Crippen LogP contribution in [0.2, 0.25) is 0 Å². The molecule has 1 saturated heterocycles. The van der Waals surface area contributed by atoms with E-state index in [0.717, 1.165) is 19.0 Å². The number of aryl methyl sites for hydroxylation is 1. The fourth-order valence-electron chi connectivity index (χ4n) is 2.28. The maximum absolute atomic E-state index is 12.3. The maximum atomic E-state index is 12.3. The van der Waals surface area contributed by atoms with Crippen LogP contribution in [-0.2, 0) is 7.05 Å². The highest BCUT2D eigenvalue weighted by atomic mass is 127. The molecular weight excluding hydrogens is 383 g/mol. The van der Waals surface area contributed by atoms with Crippen molar-refractivity contribution in [3.05, 3.63) is 37.2 Å². The van der Waals surface area contributed by atoms with Gasteiger partial charge in [-0.3, -0.25) is 0 Å². The molecule has 0 N–H and O–H groups in total. The molecule has 0 unspecified atom stereocenters. The van der Waals surface area contributed by atoms with Crippen LogP contribution in [0.3, 0.4) is 0 Å². The molecule has 1 aliphatic rings. The molecule has 0 aromatic carbocycles. The predicted octanol–water partition coefficient (Wildman–Crippen LogP) is -3.10. The Kier molecular flexibility index (Phi) is 5.10. The number of anilines is 1. The van der Waals surface area contributed by atoms with Crippen LogP contribution in [0, 0.1) is 0 Å². The maximum Gasteiger partial charge on any atom is 0.415 e. The Hall–Kier alpha value is -1.71. The number of piperazine rings is 1. The Morgan fingerprint density at radius 2 is 1.86 bits per heavy atom. The molecule has 7 nitrogen and oxygen atoms in total. The van der Waals surface area contributed by atoms with Gasteiger partial charge in [0.1, 0.15) is 12.4 Å². The van der Waals surface area contributed by atoms with E-state index in [0.29, 0.717) is 13.1 Å². The molecule has 1 amide bonds. The summed E-state index contributed by atoms with van der Waals surface area (Å²) >= 11 is 0. The predicted molar refractivity (Wildman–Crippen MR) is 72.2 cm³/mol. The highest BCUT2D eigenvalue weighted by Gasteiger charge is 2.26. The lowest BCUT2D eigenvalue weighted by Crippen LogP contribution is -3.00. The largest absolute Gasteiger partial charge is 1.00 e. The van der Waals surface area contributed by atoms with Crippen LogP contribution in [0.5, 0.6) is 0 Å². The van der Waals surface area contributed by atoms with Crippen molar-refractivity contribution in [3.63, 3.8) is 0 Å². The average molecular weight is 400 g/mol. The normalized spacial score (nSPS) is 14.7. The minimum absolute atomic E-state index is 0. The minimum Gasteiger partial charge on any atom is -1.00 e. The van der Waals surface area contributed by atoms with Gasteiger partial charge >= 0.3 is 6.03 Å². The third-order valence-corrected chi connectivity index (χ3v) is 3.38. The number of rotatable bonds is 1. The molecular formula is C13H17IN6O. The second kappa shape index (κ2) is 6.83. The Morgan fingerprint density at radius 3 is 2.43 bits per heavy atom. The lowest BCUT2D eigenvalue weighted by Gasteiger charge is -2.33. The summed E-state index contributed by atoms with van der Waals surface area (Å²) in [5.41, 5.74) is 0. The molecule has 21 heavy (non-hydrogen) atoms. The molecule has 0 bridgehead atoms. The van der Waals surface area contributed by atoms with E-state index in [1.165, 1.54) is 0 Å². The van der Waals surface area contributed by atoms with Crippen molar-refractivity contribution in [2.45, 2.75) is 0 Å². The molecule has 1 aliphatic heterocycles. The zero-order valence-electron chi connectivity index (χ0n) is 11.8. The number of hydrogen-bond donors (Lipinski definition) is 0. The van der Waals surface area contributed by atoms with Crippen LogP contribution in [0.15, 0.2) is 37.2 Å². The van der Waals surface area contributed by atoms with Crippen molar-refractivity contribution in [1.82, 2.24) is 19.4 Å². The molecule has 8 heteroatoms. The number of hydrogen-bond acceptors (Lipinski definition) is 4. The van der Waals surface area contributed by atoms with Gasteiger partial charge in [0, 0.05) is 38.6 Å². The summed E-state index contributed by atoms with van der Waals surface area (Å²) in [6, 6.07) is 1.81. The van der Waals surface area contributed by atoms with Crippen molar-refractivity contribution in [3.8, 4) is 0 Å². The highest BCUT2D eigenvalue weighted by molar-refractivity contribution is 5.76. The third kappa shape index (κ3) is 3.49. The quantitative estimate of drug-likeness (QED) is 0.376. The second-order valence-corrected chi connectivity index (χ2v) is 4.79. The number of halogens is 1. The van der Waals surface area contributed by atoms with Crippen LogP contribution in [0.25, 0.3) is 0 Å². The van der Waals surface area contributed by atoms with Gasteiger partial charge in [0.25, 0.3) is 6.33 Å². The van der Waals surface area contributed by atoms with Crippen LogP contribution in [-0.4, -0.2) is 51.6 Å². The number of nitrogens with zero attached hydrogens (tertiary/aromatic N) is 6. The van der Waals surface area contributed by atoms with Crippen molar-refractivity contribution in [1.29, 1.82) is 0 Å². The van der Waals surface area contributed by atoms with Gasteiger partial charge in [-0.15, -0.1) is 0 Å². The number of carbonyl (C=O) groups is 1. The van der Waals surface area contributed by atoms with E-state index in [-0.39, 0.29) is 30.0 Å². The molecule has 0 atom stereocenters. The molecule has 112 valence electrons. The summed E-state index contributed by atoms with van der Waals surface area (Å²) in [6.45, 7) is 2.87.